The average Bonchev–Trinajstić information content (AvgIpc) is 2.67. The third kappa shape index (κ3) is 4.84. The van der Waals surface area contributed by atoms with E-state index >= 15 is 0 Å². The minimum absolute atomic E-state index is 0.113. The molecule has 2 unspecified atom stereocenters. The monoisotopic (exact) mass is 397 g/mol. The van der Waals surface area contributed by atoms with E-state index in [2.05, 4.69) is 5.32 Å². The minimum Gasteiger partial charge on any atom is -0.497 e. The van der Waals surface area contributed by atoms with E-state index in [1.165, 1.54) is 0 Å². The number of carbonyl (C=O) groups is 1. The number of fused-ring (bicyclic) bond motifs is 1. The number of hydrogen-bond acceptors (Lipinski definition) is 4. The van der Waals surface area contributed by atoms with Crippen LogP contribution in [0.3, 0.4) is 0 Å². The molecule has 1 aliphatic heterocycles. The van der Waals surface area contributed by atoms with Gasteiger partial charge in [-0.25, -0.2) is 0 Å². The molecule has 0 radical (unpaired) electrons. The molecule has 1 amide bonds. The van der Waals surface area contributed by atoms with Crippen molar-refractivity contribution in [3.8, 4) is 17.2 Å². The second-order valence-corrected chi connectivity index (χ2v) is 8.31. The normalized spacial score (nSPS) is 18.2. The summed E-state index contributed by atoms with van der Waals surface area (Å²) in [5.74, 6) is 2.12. The number of aryl methyl sites for hydroxylation is 2. The van der Waals surface area contributed by atoms with Crippen LogP contribution in [0.2, 0.25) is 0 Å². The molecule has 156 valence electrons. The van der Waals surface area contributed by atoms with Crippen LogP contribution in [-0.2, 0) is 4.79 Å². The lowest BCUT2D eigenvalue weighted by Gasteiger charge is -2.38. The summed E-state index contributed by atoms with van der Waals surface area (Å²) >= 11 is 0. The van der Waals surface area contributed by atoms with Crippen molar-refractivity contribution in [1.29, 1.82) is 0 Å². The quantitative estimate of drug-likeness (QED) is 0.754. The van der Waals surface area contributed by atoms with Gasteiger partial charge in [0, 0.05) is 18.1 Å². The highest BCUT2D eigenvalue weighted by Gasteiger charge is 2.36. The molecule has 2 aromatic rings. The Bertz CT molecular complexity index is 890. The molecule has 1 N–H and O–H groups in total. The van der Waals surface area contributed by atoms with E-state index in [4.69, 9.17) is 14.2 Å². The Morgan fingerprint density at radius 3 is 2.69 bits per heavy atom. The van der Waals surface area contributed by atoms with Crippen LogP contribution in [0.15, 0.2) is 36.4 Å². The predicted molar refractivity (Wildman–Crippen MR) is 114 cm³/mol. The summed E-state index contributed by atoms with van der Waals surface area (Å²) in [7, 11) is 1.63. The first kappa shape index (κ1) is 21.0. The van der Waals surface area contributed by atoms with Gasteiger partial charge in [-0.1, -0.05) is 19.1 Å². The molecule has 2 aromatic carbocycles. The summed E-state index contributed by atoms with van der Waals surface area (Å²) in [6, 6.07) is 11.6. The lowest BCUT2D eigenvalue weighted by Crippen LogP contribution is -2.45. The van der Waals surface area contributed by atoms with E-state index in [0.717, 1.165) is 33.9 Å². The highest BCUT2D eigenvalue weighted by Crippen LogP contribution is 2.41. The van der Waals surface area contributed by atoms with Gasteiger partial charge in [0.15, 0.2) is 6.10 Å². The number of ether oxygens (including phenoxy) is 3. The molecule has 0 spiro atoms. The Kier molecular flexibility index (Phi) is 6.06. The molecule has 0 aliphatic carbocycles. The van der Waals surface area contributed by atoms with Crippen LogP contribution in [-0.4, -0.2) is 24.7 Å². The van der Waals surface area contributed by atoms with Crippen molar-refractivity contribution < 1.29 is 19.0 Å². The van der Waals surface area contributed by atoms with Crippen molar-refractivity contribution in [2.45, 2.75) is 65.2 Å². The SMILES string of the molecule is CCC(Oc1cc(C)ccc1C)C(=O)NC1CC(C)(C)Oc2cc(OC)ccc21. The molecular formula is C24H31NO4. The maximum Gasteiger partial charge on any atom is 0.261 e. The molecule has 1 heterocycles. The molecule has 2 atom stereocenters. The zero-order valence-electron chi connectivity index (χ0n) is 18.2. The van der Waals surface area contributed by atoms with Crippen LogP contribution in [0.1, 0.15) is 56.3 Å². The molecule has 0 saturated heterocycles. The predicted octanol–water partition coefficient (Wildman–Crippen LogP) is 4.89. The number of hydrogen-bond donors (Lipinski definition) is 1. The maximum absolute atomic E-state index is 13.1. The molecular weight excluding hydrogens is 366 g/mol. The zero-order chi connectivity index (χ0) is 21.2. The number of amides is 1. The Labute approximate surface area is 173 Å². The number of methoxy groups -OCH3 is 1. The van der Waals surface area contributed by atoms with Gasteiger partial charge in [-0.2, -0.15) is 0 Å². The molecule has 0 saturated carbocycles. The fourth-order valence-electron chi connectivity index (χ4n) is 3.66. The van der Waals surface area contributed by atoms with Crippen molar-refractivity contribution in [2.75, 3.05) is 7.11 Å². The van der Waals surface area contributed by atoms with Crippen LogP contribution in [0.4, 0.5) is 0 Å². The largest absolute Gasteiger partial charge is 0.497 e. The number of carbonyl (C=O) groups excluding carboxylic acids is 1. The second kappa shape index (κ2) is 8.36. The third-order valence-electron chi connectivity index (χ3n) is 5.27. The summed E-state index contributed by atoms with van der Waals surface area (Å²) in [4.78, 5) is 13.1. The summed E-state index contributed by atoms with van der Waals surface area (Å²) in [6.07, 6.45) is 0.711. The van der Waals surface area contributed by atoms with Crippen LogP contribution < -0.4 is 19.5 Å². The van der Waals surface area contributed by atoms with Gasteiger partial charge in [0.25, 0.3) is 5.91 Å². The molecule has 5 heteroatoms. The Balaban J connectivity index is 1.80. The topological polar surface area (TPSA) is 56.8 Å². The molecule has 29 heavy (non-hydrogen) atoms. The number of nitrogens with one attached hydrogen (secondary N) is 1. The Morgan fingerprint density at radius 2 is 2.00 bits per heavy atom. The van der Waals surface area contributed by atoms with Gasteiger partial charge < -0.3 is 19.5 Å². The fraction of sp³-hybridized carbons (Fsp3) is 0.458. The Morgan fingerprint density at radius 1 is 1.24 bits per heavy atom. The first-order valence-electron chi connectivity index (χ1n) is 10.1. The minimum atomic E-state index is -0.553. The highest BCUT2D eigenvalue weighted by atomic mass is 16.5. The Hall–Kier alpha value is -2.69. The first-order chi connectivity index (χ1) is 13.7. The van der Waals surface area contributed by atoms with E-state index in [0.29, 0.717) is 12.8 Å². The van der Waals surface area contributed by atoms with E-state index in [1.54, 1.807) is 7.11 Å². The van der Waals surface area contributed by atoms with E-state index in [9.17, 15) is 4.79 Å². The van der Waals surface area contributed by atoms with E-state index in [-0.39, 0.29) is 11.9 Å². The average molecular weight is 398 g/mol. The van der Waals surface area contributed by atoms with Gasteiger partial charge in [0.1, 0.15) is 22.8 Å². The van der Waals surface area contributed by atoms with Crippen molar-refractivity contribution >= 4 is 5.91 Å². The standard InChI is InChI=1S/C24H31NO4/c1-7-20(28-21-12-15(2)8-9-16(21)3)23(26)25-19-14-24(4,5)29-22-13-17(27-6)10-11-18(19)22/h8-13,19-20H,7,14H2,1-6H3,(H,25,26). The van der Waals surface area contributed by atoms with Crippen LogP contribution >= 0.6 is 0 Å². The molecule has 1 aliphatic rings. The molecule has 0 bridgehead atoms. The summed E-state index contributed by atoms with van der Waals surface area (Å²) in [5, 5.41) is 3.19. The molecule has 0 fully saturated rings. The maximum atomic E-state index is 13.1. The van der Waals surface area contributed by atoms with Gasteiger partial charge in [0.05, 0.1) is 13.2 Å². The van der Waals surface area contributed by atoms with E-state index in [1.807, 2.05) is 71.0 Å². The fourth-order valence-corrected chi connectivity index (χ4v) is 3.66. The van der Waals surface area contributed by atoms with Gasteiger partial charge in [0.2, 0.25) is 0 Å². The van der Waals surface area contributed by atoms with E-state index < -0.39 is 11.7 Å². The number of benzene rings is 2. The van der Waals surface area contributed by atoms with Gasteiger partial charge >= 0.3 is 0 Å². The summed E-state index contributed by atoms with van der Waals surface area (Å²) in [5.41, 5.74) is 2.69. The van der Waals surface area contributed by atoms with Gasteiger partial charge in [-0.3, -0.25) is 4.79 Å². The van der Waals surface area contributed by atoms with Crippen molar-refractivity contribution in [3.05, 3.63) is 53.1 Å². The van der Waals surface area contributed by atoms with Gasteiger partial charge in [-0.05, 0) is 63.4 Å². The lowest BCUT2D eigenvalue weighted by atomic mass is 9.89. The lowest BCUT2D eigenvalue weighted by molar-refractivity contribution is -0.129. The van der Waals surface area contributed by atoms with Gasteiger partial charge in [-0.15, -0.1) is 0 Å². The van der Waals surface area contributed by atoms with Crippen molar-refractivity contribution in [2.24, 2.45) is 0 Å². The third-order valence-corrected chi connectivity index (χ3v) is 5.27. The molecule has 5 nitrogen and oxygen atoms in total. The van der Waals surface area contributed by atoms with Crippen molar-refractivity contribution in [3.63, 3.8) is 0 Å². The number of rotatable bonds is 6. The summed E-state index contributed by atoms with van der Waals surface area (Å²) < 4.78 is 17.5. The van der Waals surface area contributed by atoms with Crippen molar-refractivity contribution in [1.82, 2.24) is 5.32 Å². The van der Waals surface area contributed by atoms with Crippen LogP contribution in [0.25, 0.3) is 0 Å². The molecule has 0 aromatic heterocycles. The summed E-state index contributed by atoms with van der Waals surface area (Å²) in [6.45, 7) is 10.0. The zero-order valence-corrected chi connectivity index (χ0v) is 18.2. The van der Waals surface area contributed by atoms with Crippen LogP contribution in [0.5, 0.6) is 17.2 Å². The van der Waals surface area contributed by atoms with Crippen LogP contribution in [0, 0.1) is 13.8 Å². The first-order valence-corrected chi connectivity index (χ1v) is 10.1. The smallest absolute Gasteiger partial charge is 0.261 e. The highest BCUT2D eigenvalue weighted by molar-refractivity contribution is 5.81. The molecule has 3 rings (SSSR count). The second-order valence-electron chi connectivity index (χ2n) is 8.31.